The van der Waals surface area contributed by atoms with Crippen molar-refractivity contribution in [2.45, 2.75) is 32.2 Å². The summed E-state index contributed by atoms with van der Waals surface area (Å²) < 4.78 is 5.02. The van der Waals surface area contributed by atoms with Crippen LogP contribution in [0.3, 0.4) is 0 Å². The minimum absolute atomic E-state index is 0.337. The van der Waals surface area contributed by atoms with Crippen LogP contribution in [0.4, 0.5) is 0 Å². The first-order chi connectivity index (χ1) is 13.5. The van der Waals surface area contributed by atoms with Crippen molar-refractivity contribution in [2.75, 3.05) is 13.2 Å². The number of nitrogens with one attached hydrogen (secondary N) is 1. The molecule has 1 fully saturated rings. The van der Waals surface area contributed by atoms with Crippen LogP contribution in [0.15, 0.2) is 42.5 Å². The molecule has 1 heterocycles. The molecule has 28 heavy (non-hydrogen) atoms. The third-order valence-electron chi connectivity index (χ3n) is 5.19. The number of carbonyl (C=O) groups excluding carboxylic acids is 4. The topological polar surface area (TPSA) is 92.8 Å². The molecule has 1 aliphatic carbocycles. The normalized spacial score (nSPS) is 22.0. The molecule has 0 saturated carbocycles. The minimum atomic E-state index is -1.04. The molecule has 0 radical (unpaired) electrons. The van der Waals surface area contributed by atoms with E-state index >= 15 is 0 Å². The number of rotatable bonds is 7. The zero-order valence-corrected chi connectivity index (χ0v) is 15.8. The van der Waals surface area contributed by atoms with Crippen LogP contribution >= 0.6 is 0 Å². The Morgan fingerprint density at radius 2 is 1.71 bits per heavy atom. The Labute approximate surface area is 163 Å². The molecule has 3 rings (SSSR count). The molecule has 1 aromatic rings. The van der Waals surface area contributed by atoms with Gasteiger partial charge in [-0.25, -0.2) is 4.79 Å². The highest BCUT2D eigenvalue weighted by Gasteiger charge is 2.50. The van der Waals surface area contributed by atoms with E-state index < -0.39 is 36.4 Å². The van der Waals surface area contributed by atoms with E-state index in [-0.39, 0.29) is 11.8 Å². The lowest BCUT2D eigenvalue weighted by atomic mass is 9.85. The van der Waals surface area contributed by atoms with Crippen molar-refractivity contribution in [2.24, 2.45) is 11.8 Å². The van der Waals surface area contributed by atoms with Crippen molar-refractivity contribution in [1.29, 1.82) is 0 Å². The molecule has 148 valence electrons. The van der Waals surface area contributed by atoms with Crippen molar-refractivity contribution in [3.8, 4) is 0 Å². The maximum absolute atomic E-state index is 12.5. The maximum Gasteiger partial charge on any atom is 0.329 e. The SMILES string of the molecule is C[C@@H](C(=O)OCC(=O)NCCc1ccccc1)N1C(=O)[C@@H]2CC=CC[C@H]2C1=O. The van der Waals surface area contributed by atoms with Gasteiger partial charge >= 0.3 is 5.97 Å². The van der Waals surface area contributed by atoms with Crippen molar-refractivity contribution >= 4 is 23.7 Å². The summed E-state index contributed by atoms with van der Waals surface area (Å²) in [7, 11) is 0. The number of esters is 1. The Kier molecular flexibility index (Phi) is 6.23. The average Bonchev–Trinajstić information content (AvgIpc) is 2.97. The molecular weight excluding hydrogens is 360 g/mol. The van der Waals surface area contributed by atoms with Gasteiger partial charge in [0.05, 0.1) is 11.8 Å². The van der Waals surface area contributed by atoms with E-state index in [2.05, 4.69) is 5.32 Å². The zero-order chi connectivity index (χ0) is 20.1. The number of allylic oxidation sites excluding steroid dienone is 2. The van der Waals surface area contributed by atoms with E-state index in [1.807, 2.05) is 42.5 Å². The lowest BCUT2D eigenvalue weighted by Crippen LogP contribution is -2.45. The average molecular weight is 384 g/mol. The highest BCUT2D eigenvalue weighted by Crippen LogP contribution is 2.36. The van der Waals surface area contributed by atoms with Crippen LogP contribution in [0.1, 0.15) is 25.3 Å². The summed E-state index contributed by atoms with van der Waals surface area (Å²) in [6.07, 6.45) is 5.47. The highest BCUT2D eigenvalue weighted by atomic mass is 16.5. The standard InChI is InChI=1S/C21H24N2O5/c1-14(23-19(25)16-9-5-6-10-17(16)20(23)26)21(27)28-13-18(24)22-12-11-15-7-3-2-4-8-15/h2-8,14,16-17H,9-13H2,1H3,(H,22,24)/t14-,16+,17+/m0/s1. The fraction of sp³-hybridized carbons (Fsp3) is 0.429. The number of benzene rings is 1. The number of nitrogens with zero attached hydrogens (tertiary/aromatic N) is 1. The lowest BCUT2D eigenvalue weighted by molar-refractivity contribution is -0.159. The molecule has 0 bridgehead atoms. The summed E-state index contributed by atoms with van der Waals surface area (Å²) in [6.45, 7) is 1.44. The largest absolute Gasteiger partial charge is 0.454 e. The van der Waals surface area contributed by atoms with Crippen LogP contribution < -0.4 is 5.32 Å². The van der Waals surface area contributed by atoms with Gasteiger partial charge in [-0.3, -0.25) is 19.3 Å². The fourth-order valence-corrected chi connectivity index (χ4v) is 3.61. The van der Waals surface area contributed by atoms with E-state index in [9.17, 15) is 19.2 Å². The summed E-state index contributed by atoms with van der Waals surface area (Å²) in [4.78, 5) is 50.1. The number of fused-ring (bicyclic) bond motifs is 1. The Bertz CT molecular complexity index is 763. The molecule has 1 saturated heterocycles. The molecule has 7 nitrogen and oxygen atoms in total. The molecule has 7 heteroatoms. The van der Waals surface area contributed by atoms with Crippen LogP contribution in [0.25, 0.3) is 0 Å². The lowest BCUT2D eigenvalue weighted by Gasteiger charge is -2.21. The summed E-state index contributed by atoms with van der Waals surface area (Å²) in [6, 6.07) is 8.66. The molecular formula is C21H24N2O5. The highest BCUT2D eigenvalue weighted by molar-refractivity contribution is 6.08. The number of ether oxygens (including phenoxy) is 1. The van der Waals surface area contributed by atoms with Gasteiger partial charge < -0.3 is 10.1 Å². The first kappa shape index (κ1) is 19.8. The molecule has 2 aliphatic rings. The molecule has 0 spiro atoms. The number of amides is 3. The van der Waals surface area contributed by atoms with Crippen molar-refractivity contribution < 1.29 is 23.9 Å². The zero-order valence-electron chi connectivity index (χ0n) is 15.8. The van der Waals surface area contributed by atoms with Crippen LogP contribution in [-0.4, -0.2) is 47.8 Å². The first-order valence-electron chi connectivity index (χ1n) is 9.48. The number of hydrogen-bond acceptors (Lipinski definition) is 5. The quantitative estimate of drug-likeness (QED) is 0.434. The van der Waals surface area contributed by atoms with Gasteiger partial charge in [0, 0.05) is 6.54 Å². The maximum atomic E-state index is 12.5. The molecule has 1 N–H and O–H groups in total. The van der Waals surface area contributed by atoms with Crippen LogP contribution in [-0.2, 0) is 30.3 Å². The van der Waals surface area contributed by atoms with Gasteiger partial charge in [-0.1, -0.05) is 42.5 Å². The van der Waals surface area contributed by atoms with E-state index in [1.54, 1.807) is 0 Å². The third kappa shape index (κ3) is 4.30. The predicted molar refractivity (Wildman–Crippen MR) is 101 cm³/mol. The Balaban J connectivity index is 1.44. The molecule has 1 aromatic carbocycles. The Hall–Kier alpha value is -2.96. The van der Waals surface area contributed by atoms with E-state index in [4.69, 9.17) is 4.74 Å². The minimum Gasteiger partial charge on any atom is -0.454 e. The van der Waals surface area contributed by atoms with Crippen molar-refractivity contribution in [3.05, 3.63) is 48.0 Å². The fourth-order valence-electron chi connectivity index (χ4n) is 3.61. The van der Waals surface area contributed by atoms with Gasteiger partial charge in [0.15, 0.2) is 6.61 Å². The number of imide groups is 1. The summed E-state index contributed by atoms with van der Waals surface area (Å²) in [5.41, 5.74) is 1.09. The number of likely N-dealkylation sites (tertiary alicyclic amines) is 1. The van der Waals surface area contributed by atoms with Gasteiger partial charge in [0.25, 0.3) is 5.91 Å². The molecule has 1 aliphatic heterocycles. The Morgan fingerprint density at radius 3 is 2.32 bits per heavy atom. The van der Waals surface area contributed by atoms with Gasteiger partial charge in [-0.2, -0.15) is 0 Å². The Morgan fingerprint density at radius 1 is 1.11 bits per heavy atom. The molecule has 0 aromatic heterocycles. The smallest absolute Gasteiger partial charge is 0.329 e. The number of carbonyl (C=O) groups is 4. The second-order valence-electron chi connectivity index (χ2n) is 7.07. The summed E-state index contributed by atoms with van der Waals surface area (Å²) >= 11 is 0. The predicted octanol–water partition coefficient (Wildman–Crippen LogP) is 1.23. The van der Waals surface area contributed by atoms with Crippen LogP contribution in [0.5, 0.6) is 0 Å². The second kappa shape index (κ2) is 8.82. The van der Waals surface area contributed by atoms with Crippen LogP contribution in [0.2, 0.25) is 0 Å². The van der Waals surface area contributed by atoms with Gasteiger partial charge in [0.2, 0.25) is 11.8 Å². The van der Waals surface area contributed by atoms with Gasteiger partial charge in [0.1, 0.15) is 6.04 Å². The van der Waals surface area contributed by atoms with Crippen molar-refractivity contribution in [3.63, 3.8) is 0 Å². The molecule has 3 atom stereocenters. The van der Waals surface area contributed by atoms with E-state index in [0.717, 1.165) is 10.5 Å². The molecule has 0 unspecified atom stereocenters. The summed E-state index contributed by atoms with van der Waals surface area (Å²) in [5.74, 6) is -2.64. The molecule has 3 amide bonds. The van der Waals surface area contributed by atoms with Gasteiger partial charge in [-0.15, -0.1) is 0 Å². The van der Waals surface area contributed by atoms with E-state index in [0.29, 0.717) is 25.8 Å². The summed E-state index contributed by atoms with van der Waals surface area (Å²) in [5, 5.41) is 2.68. The van der Waals surface area contributed by atoms with Gasteiger partial charge in [-0.05, 0) is 31.7 Å². The third-order valence-corrected chi connectivity index (χ3v) is 5.19. The first-order valence-corrected chi connectivity index (χ1v) is 9.48. The number of hydrogen-bond donors (Lipinski definition) is 1. The van der Waals surface area contributed by atoms with Crippen LogP contribution in [0, 0.1) is 11.8 Å². The monoisotopic (exact) mass is 384 g/mol. The van der Waals surface area contributed by atoms with E-state index in [1.165, 1.54) is 6.92 Å². The second-order valence-corrected chi connectivity index (χ2v) is 7.07. The van der Waals surface area contributed by atoms with Crippen molar-refractivity contribution in [1.82, 2.24) is 10.2 Å².